The lowest BCUT2D eigenvalue weighted by molar-refractivity contribution is 0.0950. The summed E-state index contributed by atoms with van der Waals surface area (Å²) >= 11 is 3.40. The van der Waals surface area contributed by atoms with Gasteiger partial charge in [-0.2, -0.15) is 11.8 Å². The van der Waals surface area contributed by atoms with Crippen molar-refractivity contribution < 1.29 is 9.90 Å². The summed E-state index contributed by atoms with van der Waals surface area (Å²) in [7, 11) is 0. The van der Waals surface area contributed by atoms with Gasteiger partial charge in [0.15, 0.2) is 0 Å². The van der Waals surface area contributed by atoms with Crippen LogP contribution in [0.1, 0.15) is 33.8 Å². The second kappa shape index (κ2) is 8.35. The maximum atomic E-state index is 12.0. The largest absolute Gasteiger partial charge is 0.395 e. The Labute approximate surface area is 128 Å². The molecular weight excluding hydrogens is 290 g/mol. The van der Waals surface area contributed by atoms with Crippen molar-refractivity contribution in [2.24, 2.45) is 5.92 Å². The van der Waals surface area contributed by atoms with Gasteiger partial charge in [0.05, 0.1) is 16.4 Å². The van der Waals surface area contributed by atoms with Crippen molar-refractivity contribution in [1.82, 2.24) is 5.32 Å². The summed E-state index contributed by atoms with van der Waals surface area (Å²) in [5.41, 5.74) is 0. The Morgan fingerprint density at radius 3 is 2.95 bits per heavy atom. The third-order valence-corrected chi connectivity index (χ3v) is 5.22. The van der Waals surface area contributed by atoms with Crippen molar-refractivity contribution in [3.05, 3.63) is 21.9 Å². The third kappa shape index (κ3) is 4.86. The number of rotatable bonds is 4. The molecule has 0 aliphatic carbocycles. The zero-order valence-electron chi connectivity index (χ0n) is 11.4. The highest BCUT2D eigenvalue weighted by Crippen LogP contribution is 2.22. The second-order valence-electron chi connectivity index (χ2n) is 4.71. The van der Waals surface area contributed by atoms with Crippen LogP contribution < -0.4 is 5.32 Å². The van der Waals surface area contributed by atoms with Crippen LogP contribution in [-0.4, -0.2) is 35.7 Å². The summed E-state index contributed by atoms with van der Waals surface area (Å²) in [6, 6.07) is 3.68. The third-order valence-electron chi connectivity index (χ3n) is 3.17. The molecule has 2 N–H and O–H groups in total. The fraction of sp³-hybridized carbons (Fsp3) is 0.533. The predicted octanol–water partition coefficient (Wildman–Crippen LogP) is 2.36. The number of hydrogen-bond acceptors (Lipinski definition) is 4. The lowest BCUT2D eigenvalue weighted by Crippen LogP contribution is -2.30. The Morgan fingerprint density at radius 2 is 2.20 bits per heavy atom. The van der Waals surface area contributed by atoms with Gasteiger partial charge >= 0.3 is 0 Å². The topological polar surface area (TPSA) is 49.3 Å². The maximum Gasteiger partial charge on any atom is 0.261 e. The van der Waals surface area contributed by atoms with Gasteiger partial charge in [-0.05, 0) is 42.4 Å². The molecule has 108 valence electrons. The van der Waals surface area contributed by atoms with Crippen molar-refractivity contribution >= 4 is 29.0 Å². The van der Waals surface area contributed by atoms with Gasteiger partial charge in [-0.3, -0.25) is 4.79 Å². The normalized spacial score (nSPS) is 15.4. The van der Waals surface area contributed by atoms with E-state index in [4.69, 9.17) is 5.11 Å². The summed E-state index contributed by atoms with van der Waals surface area (Å²) in [4.78, 5) is 13.6. The molecule has 3 nitrogen and oxygen atoms in total. The molecular formula is C15H19NO2S2. The average molecular weight is 309 g/mol. The van der Waals surface area contributed by atoms with E-state index in [9.17, 15) is 4.79 Å². The fourth-order valence-corrected chi connectivity index (χ4v) is 4.01. The zero-order chi connectivity index (χ0) is 14.2. The molecule has 0 unspecified atom stereocenters. The van der Waals surface area contributed by atoms with Gasteiger partial charge in [0.1, 0.15) is 0 Å². The smallest absolute Gasteiger partial charge is 0.261 e. The minimum atomic E-state index is 0.00318. The molecule has 1 aliphatic heterocycles. The van der Waals surface area contributed by atoms with Crippen LogP contribution in [0.2, 0.25) is 0 Å². The van der Waals surface area contributed by atoms with E-state index in [1.165, 1.54) is 35.7 Å². The molecule has 0 saturated carbocycles. The summed E-state index contributed by atoms with van der Waals surface area (Å²) in [6.07, 6.45) is 2.87. The van der Waals surface area contributed by atoms with Crippen molar-refractivity contribution in [3.63, 3.8) is 0 Å². The van der Waals surface area contributed by atoms with Gasteiger partial charge < -0.3 is 10.4 Å². The molecule has 5 heteroatoms. The van der Waals surface area contributed by atoms with E-state index >= 15 is 0 Å². The Hall–Kier alpha value is -0.960. The van der Waals surface area contributed by atoms with Gasteiger partial charge in [0.25, 0.3) is 5.91 Å². The number of thioether (sulfide) groups is 1. The minimum absolute atomic E-state index is 0.00318. The molecule has 20 heavy (non-hydrogen) atoms. The molecule has 0 aromatic carbocycles. The van der Waals surface area contributed by atoms with Crippen LogP contribution in [0.15, 0.2) is 12.1 Å². The van der Waals surface area contributed by atoms with E-state index in [1.54, 1.807) is 0 Å². The Bertz CT molecular complexity index is 495. The molecule has 1 fully saturated rings. The van der Waals surface area contributed by atoms with Crippen LogP contribution in [0.5, 0.6) is 0 Å². The van der Waals surface area contributed by atoms with Gasteiger partial charge in [-0.25, -0.2) is 0 Å². The molecule has 0 bridgehead atoms. The first-order valence-corrected chi connectivity index (χ1v) is 8.82. The van der Waals surface area contributed by atoms with E-state index in [0.717, 1.165) is 11.4 Å². The Kier molecular flexibility index (Phi) is 6.44. The molecule has 2 rings (SSSR count). The van der Waals surface area contributed by atoms with E-state index in [-0.39, 0.29) is 12.5 Å². The summed E-state index contributed by atoms with van der Waals surface area (Å²) in [5, 5.41) is 11.7. The zero-order valence-corrected chi connectivity index (χ0v) is 13.0. The monoisotopic (exact) mass is 309 g/mol. The second-order valence-corrected chi connectivity index (χ2v) is 7.01. The molecule has 0 atom stereocenters. The molecule has 1 amide bonds. The average Bonchev–Trinajstić information content (AvgIpc) is 2.95. The molecule has 0 spiro atoms. The first-order chi connectivity index (χ1) is 9.79. The number of carbonyl (C=O) groups is 1. The van der Waals surface area contributed by atoms with Gasteiger partial charge in [0.2, 0.25) is 0 Å². The number of carbonyl (C=O) groups excluding carboxylic acids is 1. The van der Waals surface area contributed by atoms with Crippen LogP contribution in [0.3, 0.4) is 0 Å². The van der Waals surface area contributed by atoms with Crippen LogP contribution in [-0.2, 0) is 0 Å². The Morgan fingerprint density at radius 1 is 1.40 bits per heavy atom. The van der Waals surface area contributed by atoms with Crippen LogP contribution >= 0.6 is 23.1 Å². The van der Waals surface area contributed by atoms with Crippen LogP contribution in [0, 0.1) is 17.8 Å². The summed E-state index contributed by atoms with van der Waals surface area (Å²) < 4.78 is 0. The van der Waals surface area contributed by atoms with Crippen molar-refractivity contribution in [1.29, 1.82) is 0 Å². The Balaban J connectivity index is 1.81. The van der Waals surface area contributed by atoms with E-state index in [0.29, 0.717) is 17.2 Å². The van der Waals surface area contributed by atoms with E-state index in [2.05, 4.69) is 17.2 Å². The lowest BCUT2D eigenvalue weighted by Gasteiger charge is -2.21. The molecule has 1 aromatic rings. The maximum absolute atomic E-state index is 12.0. The van der Waals surface area contributed by atoms with Gasteiger partial charge in [-0.15, -0.1) is 11.3 Å². The van der Waals surface area contributed by atoms with Crippen LogP contribution in [0.25, 0.3) is 0 Å². The van der Waals surface area contributed by atoms with Gasteiger partial charge in [-0.1, -0.05) is 11.8 Å². The number of hydrogen-bond donors (Lipinski definition) is 2. The first-order valence-electron chi connectivity index (χ1n) is 6.85. The van der Waals surface area contributed by atoms with E-state index in [1.807, 2.05) is 23.9 Å². The minimum Gasteiger partial charge on any atom is -0.395 e. The highest BCUT2D eigenvalue weighted by atomic mass is 32.2. The van der Waals surface area contributed by atoms with Crippen molar-refractivity contribution in [2.45, 2.75) is 19.3 Å². The van der Waals surface area contributed by atoms with E-state index < -0.39 is 0 Å². The summed E-state index contributed by atoms with van der Waals surface area (Å²) in [5.74, 6) is 8.87. The highest BCUT2D eigenvalue weighted by molar-refractivity contribution is 7.99. The molecule has 1 saturated heterocycles. The molecule has 2 heterocycles. The number of aliphatic hydroxyl groups is 1. The first kappa shape index (κ1) is 15.4. The summed E-state index contributed by atoms with van der Waals surface area (Å²) in [6.45, 7) is 0.855. The number of aliphatic hydroxyl groups excluding tert-OH is 1. The van der Waals surface area contributed by atoms with Crippen LogP contribution in [0.4, 0.5) is 0 Å². The molecule has 1 aliphatic rings. The molecule has 0 radical (unpaired) electrons. The quantitative estimate of drug-likeness (QED) is 0.840. The SMILES string of the molecule is O=C(NCC1CCSCC1)c1ccc(C#CCCO)s1. The highest BCUT2D eigenvalue weighted by Gasteiger charge is 2.15. The van der Waals surface area contributed by atoms with Crippen molar-refractivity contribution in [3.8, 4) is 11.8 Å². The number of thiophene rings is 1. The number of nitrogens with one attached hydrogen (secondary N) is 1. The standard InChI is InChI=1S/C15H19NO2S2/c17-8-2-1-3-13-4-5-14(20-13)15(18)16-11-12-6-9-19-10-7-12/h4-5,12,17H,2,6-11H2,(H,16,18). The predicted molar refractivity (Wildman–Crippen MR) is 85.3 cm³/mol. The number of amides is 1. The lowest BCUT2D eigenvalue weighted by atomic mass is 10.0. The van der Waals surface area contributed by atoms with Crippen molar-refractivity contribution in [2.75, 3.05) is 24.7 Å². The molecule has 1 aromatic heterocycles. The van der Waals surface area contributed by atoms with Gasteiger partial charge in [0, 0.05) is 13.0 Å². The fourth-order valence-electron chi connectivity index (χ4n) is 2.01.